The lowest BCUT2D eigenvalue weighted by molar-refractivity contribution is 0.468. The molecular weight excluding hydrogens is 360 g/mol. The maximum Gasteiger partial charge on any atom is 0.236 e. The molecule has 0 fully saturated rings. The van der Waals surface area contributed by atoms with Crippen molar-refractivity contribution in [2.24, 2.45) is 0 Å². The molecule has 1 aliphatic rings. The second-order valence-corrected chi connectivity index (χ2v) is 7.00. The zero-order valence-electron chi connectivity index (χ0n) is 9.14. The molecule has 0 radical (unpaired) electrons. The summed E-state index contributed by atoms with van der Waals surface area (Å²) in [5, 5.41) is 4.10. The molecule has 0 atom stereocenters. The number of unbranched alkanes of at least 4 members (excludes halogenated alkanes) is 1. The fourth-order valence-corrected chi connectivity index (χ4v) is 4.28. The van der Waals surface area contributed by atoms with Gasteiger partial charge in [-0.3, -0.25) is 8.70 Å². The Kier molecular flexibility index (Phi) is 3.91. The SMILES string of the molecule is O=S(=O)(CCCCF)N1CCn2ncc(I)c21. The van der Waals surface area contributed by atoms with E-state index in [4.69, 9.17) is 0 Å². The summed E-state index contributed by atoms with van der Waals surface area (Å²) in [5.74, 6) is 0.642. The van der Waals surface area contributed by atoms with Gasteiger partial charge in [-0.05, 0) is 35.4 Å². The number of alkyl halides is 1. The smallest absolute Gasteiger partial charge is 0.236 e. The normalized spacial score (nSPS) is 15.3. The van der Waals surface area contributed by atoms with E-state index in [9.17, 15) is 12.8 Å². The quantitative estimate of drug-likeness (QED) is 0.579. The molecule has 1 aromatic heterocycles. The first-order valence-corrected chi connectivity index (χ1v) is 8.03. The van der Waals surface area contributed by atoms with Gasteiger partial charge in [0, 0.05) is 0 Å². The molecule has 2 rings (SSSR count). The molecule has 1 aliphatic heterocycles. The maximum absolute atomic E-state index is 12.1. The van der Waals surface area contributed by atoms with Gasteiger partial charge in [0.25, 0.3) is 0 Å². The van der Waals surface area contributed by atoms with Crippen LogP contribution in [0.5, 0.6) is 0 Å². The highest BCUT2D eigenvalue weighted by atomic mass is 127. The molecule has 0 unspecified atom stereocenters. The molecule has 0 N–H and O–H groups in total. The molecule has 0 saturated carbocycles. The molecule has 5 nitrogen and oxygen atoms in total. The Bertz CT molecular complexity index is 502. The lowest BCUT2D eigenvalue weighted by Crippen LogP contribution is -2.31. The first kappa shape index (κ1) is 13.1. The zero-order chi connectivity index (χ0) is 12.5. The topological polar surface area (TPSA) is 55.2 Å². The predicted molar refractivity (Wildman–Crippen MR) is 71.3 cm³/mol. The lowest BCUT2D eigenvalue weighted by atomic mass is 10.4. The zero-order valence-corrected chi connectivity index (χ0v) is 12.1. The van der Waals surface area contributed by atoms with Crippen molar-refractivity contribution in [2.45, 2.75) is 19.4 Å². The molecule has 0 spiro atoms. The Labute approximate surface area is 113 Å². The summed E-state index contributed by atoms with van der Waals surface area (Å²) < 4.78 is 40.0. The highest BCUT2D eigenvalue weighted by Gasteiger charge is 2.31. The third-order valence-corrected chi connectivity index (χ3v) is 5.23. The molecule has 1 aromatic rings. The highest BCUT2D eigenvalue weighted by molar-refractivity contribution is 14.1. The van der Waals surface area contributed by atoms with Crippen LogP contribution in [0, 0.1) is 3.57 Å². The average Bonchev–Trinajstić information content (AvgIpc) is 2.82. The first-order valence-electron chi connectivity index (χ1n) is 5.34. The van der Waals surface area contributed by atoms with Crippen molar-refractivity contribution in [3.8, 4) is 0 Å². The van der Waals surface area contributed by atoms with E-state index in [-0.39, 0.29) is 5.75 Å². The van der Waals surface area contributed by atoms with E-state index in [1.165, 1.54) is 4.31 Å². The van der Waals surface area contributed by atoms with Gasteiger partial charge in [0.15, 0.2) is 5.82 Å². The Morgan fingerprint density at radius 3 is 2.88 bits per heavy atom. The monoisotopic (exact) mass is 373 g/mol. The van der Waals surface area contributed by atoms with Crippen molar-refractivity contribution in [3.05, 3.63) is 9.77 Å². The largest absolute Gasteiger partial charge is 0.251 e. The molecule has 2 heterocycles. The van der Waals surface area contributed by atoms with Gasteiger partial charge >= 0.3 is 0 Å². The molecule has 0 amide bonds. The van der Waals surface area contributed by atoms with Crippen molar-refractivity contribution < 1.29 is 12.8 Å². The Balaban J connectivity index is 2.16. The molecular formula is C9H13FIN3O2S. The Hall–Kier alpha value is -0.380. The Morgan fingerprint density at radius 1 is 1.41 bits per heavy atom. The summed E-state index contributed by atoms with van der Waals surface area (Å²) in [4.78, 5) is 0. The van der Waals surface area contributed by atoms with E-state index in [0.29, 0.717) is 31.7 Å². The minimum atomic E-state index is -3.34. The van der Waals surface area contributed by atoms with Crippen LogP contribution in [0.15, 0.2) is 6.20 Å². The first-order chi connectivity index (χ1) is 8.06. The van der Waals surface area contributed by atoms with E-state index in [0.717, 1.165) is 3.57 Å². The summed E-state index contributed by atoms with van der Waals surface area (Å²) in [7, 11) is -3.34. The van der Waals surface area contributed by atoms with Gasteiger partial charge in [-0.15, -0.1) is 0 Å². The number of aromatic nitrogens is 2. The summed E-state index contributed by atoms with van der Waals surface area (Å²) in [6.07, 6.45) is 2.31. The summed E-state index contributed by atoms with van der Waals surface area (Å²) in [6, 6.07) is 0. The molecule has 0 saturated heterocycles. The third-order valence-electron chi connectivity index (χ3n) is 2.64. The fraction of sp³-hybridized carbons (Fsp3) is 0.667. The van der Waals surface area contributed by atoms with E-state index in [1.54, 1.807) is 10.9 Å². The molecule has 0 aliphatic carbocycles. The number of halogens is 2. The van der Waals surface area contributed by atoms with Crippen LogP contribution in [0.4, 0.5) is 10.2 Å². The van der Waals surface area contributed by atoms with Crippen LogP contribution in [0.2, 0.25) is 0 Å². The number of hydrogen-bond donors (Lipinski definition) is 0. The van der Waals surface area contributed by atoms with Gasteiger partial charge in [0.05, 0.1) is 35.3 Å². The van der Waals surface area contributed by atoms with Crippen molar-refractivity contribution >= 4 is 38.4 Å². The van der Waals surface area contributed by atoms with E-state index < -0.39 is 16.7 Å². The van der Waals surface area contributed by atoms with Crippen LogP contribution in [0.25, 0.3) is 0 Å². The van der Waals surface area contributed by atoms with Gasteiger partial charge in [-0.2, -0.15) is 5.10 Å². The van der Waals surface area contributed by atoms with Crippen LogP contribution in [0.1, 0.15) is 12.8 Å². The number of hydrogen-bond acceptors (Lipinski definition) is 3. The van der Waals surface area contributed by atoms with E-state index in [1.807, 2.05) is 0 Å². The second-order valence-electron chi connectivity index (χ2n) is 3.82. The van der Waals surface area contributed by atoms with Crippen LogP contribution >= 0.6 is 22.6 Å². The molecule has 0 aromatic carbocycles. The van der Waals surface area contributed by atoms with Crippen LogP contribution < -0.4 is 4.31 Å². The Morgan fingerprint density at radius 2 is 2.18 bits per heavy atom. The number of anilines is 1. The second kappa shape index (κ2) is 5.09. The predicted octanol–water partition coefficient (Wildman–Crippen LogP) is 1.39. The van der Waals surface area contributed by atoms with Gasteiger partial charge in [0.1, 0.15) is 0 Å². The molecule has 8 heteroatoms. The van der Waals surface area contributed by atoms with E-state index in [2.05, 4.69) is 27.7 Å². The number of nitrogens with zero attached hydrogens (tertiary/aromatic N) is 3. The molecule has 96 valence electrons. The molecule has 17 heavy (non-hydrogen) atoms. The van der Waals surface area contributed by atoms with Gasteiger partial charge in [-0.1, -0.05) is 0 Å². The summed E-state index contributed by atoms with van der Waals surface area (Å²) in [6.45, 7) is 0.544. The van der Waals surface area contributed by atoms with E-state index >= 15 is 0 Å². The molecule has 0 bridgehead atoms. The lowest BCUT2D eigenvalue weighted by Gasteiger charge is -2.17. The van der Waals surface area contributed by atoms with Gasteiger partial charge in [-0.25, -0.2) is 13.1 Å². The van der Waals surface area contributed by atoms with Crippen LogP contribution in [0.3, 0.4) is 0 Å². The van der Waals surface area contributed by atoms with Crippen molar-refractivity contribution in [1.82, 2.24) is 9.78 Å². The summed E-state index contributed by atoms with van der Waals surface area (Å²) >= 11 is 2.07. The minimum absolute atomic E-state index is 0.00181. The van der Waals surface area contributed by atoms with Crippen LogP contribution in [-0.2, 0) is 16.6 Å². The summed E-state index contributed by atoms with van der Waals surface area (Å²) in [5.41, 5.74) is 0. The highest BCUT2D eigenvalue weighted by Crippen LogP contribution is 2.29. The number of fused-ring (bicyclic) bond motifs is 1. The number of sulfonamides is 1. The minimum Gasteiger partial charge on any atom is -0.251 e. The van der Waals surface area contributed by atoms with Gasteiger partial charge < -0.3 is 0 Å². The standard InChI is InChI=1S/C9H13FIN3O2S/c10-3-1-2-6-17(15,16)14-5-4-13-9(14)8(11)7-12-13/h7H,1-6H2. The van der Waals surface area contributed by atoms with Crippen LogP contribution in [-0.4, -0.2) is 37.2 Å². The van der Waals surface area contributed by atoms with Crippen molar-refractivity contribution in [1.29, 1.82) is 0 Å². The van der Waals surface area contributed by atoms with Crippen molar-refractivity contribution in [3.63, 3.8) is 0 Å². The third kappa shape index (κ3) is 2.56. The number of rotatable bonds is 5. The fourth-order valence-electron chi connectivity index (χ4n) is 1.82. The maximum atomic E-state index is 12.1. The van der Waals surface area contributed by atoms with Crippen molar-refractivity contribution in [2.75, 3.05) is 23.3 Å². The average molecular weight is 373 g/mol. The van der Waals surface area contributed by atoms with Gasteiger partial charge in [0.2, 0.25) is 10.0 Å².